The predicted octanol–water partition coefficient (Wildman–Crippen LogP) is 3.43. The number of anilines is 2. The smallest absolute Gasteiger partial charge is 0.248 e. The van der Waals surface area contributed by atoms with Crippen molar-refractivity contribution >= 4 is 23.6 Å². The molecule has 24 heavy (non-hydrogen) atoms. The van der Waals surface area contributed by atoms with E-state index in [9.17, 15) is 4.79 Å². The van der Waals surface area contributed by atoms with E-state index in [2.05, 4.69) is 20.2 Å². The van der Waals surface area contributed by atoms with Gasteiger partial charge in [0.2, 0.25) is 11.9 Å². The number of aromatic nitrogens is 2. The fourth-order valence-corrected chi connectivity index (χ4v) is 2.77. The Morgan fingerprint density at radius 1 is 1.12 bits per heavy atom. The molecule has 5 nitrogen and oxygen atoms in total. The third kappa shape index (κ3) is 4.19. The number of amides is 1. The Labute approximate surface area is 142 Å². The van der Waals surface area contributed by atoms with Crippen molar-refractivity contribution in [3.8, 4) is 0 Å². The van der Waals surface area contributed by atoms with Crippen LogP contribution in [0, 0.1) is 6.92 Å². The van der Waals surface area contributed by atoms with Gasteiger partial charge < -0.3 is 10.2 Å². The number of carbonyl (C=O) groups excluding carboxylic acids is 1. The van der Waals surface area contributed by atoms with E-state index in [0.717, 1.165) is 30.2 Å². The third-order valence-corrected chi connectivity index (χ3v) is 4.15. The van der Waals surface area contributed by atoms with Crippen molar-refractivity contribution in [1.29, 1.82) is 0 Å². The molecule has 1 aromatic heterocycles. The van der Waals surface area contributed by atoms with Gasteiger partial charge in [0.15, 0.2) is 0 Å². The molecule has 1 fully saturated rings. The third-order valence-electron chi connectivity index (χ3n) is 4.15. The summed E-state index contributed by atoms with van der Waals surface area (Å²) >= 11 is 0. The van der Waals surface area contributed by atoms with Crippen molar-refractivity contribution in [2.24, 2.45) is 0 Å². The molecule has 0 saturated carbocycles. The lowest BCUT2D eigenvalue weighted by molar-refractivity contribution is -0.111. The van der Waals surface area contributed by atoms with Crippen LogP contribution in [0.2, 0.25) is 0 Å². The van der Waals surface area contributed by atoms with Gasteiger partial charge in [0.1, 0.15) is 0 Å². The lowest BCUT2D eigenvalue weighted by atomic mass is 10.1. The van der Waals surface area contributed by atoms with Crippen molar-refractivity contribution < 1.29 is 4.79 Å². The minimum absolute atomic E-state index is 0.187. The van der Waals surface area contributed by atoms with E-state index in [1.54, 1.807) is 12.4 Å². The maximum Gasteiger partial charge on any atom is 0.248 e. The lowest BCUT2D eigenvalue weighted by Gasteiger charge is -2.26. The van der Waals surface area contributed by atoms with Crippen molar-refractivity contribution in [1.82, 2.24) is 9.97 Å². The molecule has 1 N–H and O–H groups in total. The molecule has 1 aromatic carbocycles. The fraction of sp³-hybridized carbons (Fsp3) is 0.316. The first-order valence-corrected chi connectivity index (χ1v) is 8.34. The average molecular weight is 322 g/mol. The number of hydrogen-bond donors (Lipinski definition) is 1. The Morgan fingerprint density at radius 3 is 2.54 bits per heavy atom. The predicted molar refractivity (Wildman–Crippen MR) is 96.9 cm³/mol. The molecular formula is C19H22N4O. The second-order valence-electron chi connectivity index (χ2n) is 6.00. The van der Waals surface area contributed by atoms with Crippen LogP contribution in [0.4, 0.5) is 11.6 Å². The van der Waals surface area contributed by atoms with Gasteiger partial charge >= 0.3 is 0 Å². The number of carbonyl (C=O) groups is 1. The van der Waals surface area contributed by atoms with Crippen molar-refractivity contribution in [2.75, 3.05) is 23.3 Å². The molecule has 0 bridgehead atoms. The zero-order chi connectivity index (χ0) is 16.8. The summed E-state index contributed by atoms with van der Waals surface area (Å²) in [5.74, 6) is 0.552. The quantitative estimate of drug-likeness (QED) is 0.876. The van der Waals surface area contributed by atoms with Crippen LogP contribution in [0.25, 0.3) is 6.08 Å². The molecule has 0 atom stereocenters. The van der Waals surface area contributed by atoms with Gasteiger partial charge in [-0.25, -0.2) is 9.97 Å². The van der Waals surface area contributed by atoms with Gasteiger partial charge in [-0.05, 0) is 43.4 Å². The first kappa shape index (κ1) is 16.2. The van der Waals surface area contributed by atoms with E-state index >= 15 is 0 Å². The highest BCUT2D eigenvalue weighted by Gasteiger charge is 2.13. The van der Waals surface area contributed by atoms with Crippen LogP contribution in [-0.2, 0) is 4.79 Å². The molecule has 124 valence electrons. The van der Waals surface area contributed by atoms with Gasteiger partial charge in [0.25, 0.3) is 0 Å². The minimum atomic E-state index is -0.187. The average Bonchev–Trinajstić information content (AvgIpc) is 2.62. The molecule has 0 radical (unpaired) electrons. The number of benzene rings is 1. The Morgan fingerprint density at radius 2 is 1.83 bits per heavy atom. The Hall–Kier alpha value is -2.69. The van der Waals surface area contributed by atoms with E-state index in [1.165, 1.54) is 25.3 Å². The SMILES string of the molecule is Cc1ccccc1/C=C/C(=O)Nc1cnc(N2CCCCC2)nc1. The zero-order valence-electron chi connectivity index (χ0n) is 13.9. The highest BCUT2D eigenvalue weighted by atomic mass is 16.1. The van der Waals surface area contributed by atoms with Crippen LogP contribution in [0.15, 0.2) is 42.7 Å². The monoisotopic (exact) mass is 322 g/mol. The van der Waals surface area contributed by atoms with E-state index in [1.807, 2.05) is 37.3 Å². The first-order chi connectivity index (χ1) is 11.7. The second kappa shape index (κ2) is 7.73. The standard InChI is InChI=1S/C19H22N4O/c1-15-7-3-4-8-16(15)9-10-18(24)22-17-13-20-19(21-14-17)23-11-5-2-6-12-23/h3-4,7-10,13-14H,2,5-6,11-12H2,1H3,(H,22,24)/b10-9+. The Balaban J connectivity index is 1.59. The fourth-order valence-electron chi connectivity index (χ4n) is 2.77. The minimum Gasteiger partial charge on any atom is -0.341 e. The summed E-state index contributed by atoms with van der Waals surface area (Å²) in [6.45, 7) is 4.03. The molecule has 1 aliphatic rings. The van der Waals surface area contributed by atoms with Gasteiger partial charge in [-0.15, -0.1) is 0 Å². The van der Waals surface area contributed by atoms with E-state index in [0.29, 0.717) is 5.69 Å². The number of nitrogens with one attached hydrogen (secondary N) is 1. The molecule has 0 spiro atoms. The van der Waals surface area contributed by atoms with Crippen LogP contribution >= 0.6 is 0 Å². The van der Waals surface area contributed by atoms with Gasteiger partial charge in [-0.2, -0.15) is 0 Å². The second-order valence-corrected chi connectivity index (χ2v) is 6.00. The number of hydrogen-bond acceptors (Lipinski definition) is 4. The van der Waals surface area contributed by atoms with E-state index in [4.69, 9.17) is 0 Å². The summed E-state index contributed by atoms with van der Waals surface area (Å²) in [7, 11) is 0. The lowest BCUT2D eigenvalue weighted by Crippen LogP contribution is -2.30. The van der Waals surface area contributed by atoms with Crippen LogP contribution in [0.3, 0.4) is 0 Å². The van der Waals surface area contributed by atoms with Crippen molar-refractivity contribution in [3.63, 3.8) is 0 Å². The number of aryl methyl sites for hydroxylation is 1. The molecule has 2 heterocycles. The summed E-state index contributed by atoms with van der Waals surface area (Å²) in [6.07, 6.45) is 10.3. The highest BCUT2D eigenvalue weighted by Crippen LogP contribution is 2.16. The van der Waals surface area contributed by atoms with E-state index in [-0.39, 0.29) is 5.91 Å². The van der Waals surface area contributed by atoms with Crippen LogP contribution in [0.5, 0.6) is 0 Å². The summed E-state index contributed by atoms with van der Waals surface area (Å²) in [6, 6.07) is 7.94. The molecular weight excluding hydrogens is 300 g/mol. The summed E-state index contributed by atoms with van der Waals surface area (Å²) in [4.78, 5) is 22.9. The van der Waals surface area contributed by atoms with Crippen molar-refractivity contribution in [2.45, 2.75) is 26.2 Å². The van der Waals surface area contributed by atoms with Gasteiger partial charge in [0.05, 0.1) is 18.1 Å². The molecule has 3 rings (SSSR count). The molecule has 1 saturated heterocycles. The molecule has 0 aliphatic carbocycles. The summed E-state index contributed by atoms with van der Waals surface area (Å²) < 4.78 is 0. The van der Waals surface area contributed by atoms with E-state index < -0.39 is 0 Å². The highest BCUT2D eigenvalue weighted by molar-refractivity contribution is 6.01. The van der Waals surface area contributed by atoms with Gasteiger partial charge in [0, 0.05) is 19.2 Å². The topological polar surface area (TPSA) is 58.1 Å². The Bertz CT molecular complexity index is 718. The first-order valence-electron chi connectivity index (χ1n) is 8.34. The largest absolute Gasteiger partial charge is 0.341 e. The molecule has 5 heteroatoms. The number of piperidine rings is 1. The zero-order valence-corrected chi connectivity index (χ0v) is 13.9. The van der Waals surface area contributed by atoms with Crippen LogP contribution in [0.1, 0.15) is 30.4 Å². The van der Waals surface area contributed by atoms with Gasteiger partial charge in [-0.1, -0.05) is 24.3 Å². The summed E-state index contributed by atoms with van der Waals surface area (Å²) in [5.41, 5.74) is 2.77. The van der Waals surface area contributed by atoms with Crippen LogP contribution in [-0.4, -0.2) is 29.0 Å². The van der Waals surface area contributed by atoms with Gasteiger partial charge in [-0.3, -0.25) is 4.79 Å². The summed E-state index contributed by atoms with van der Waals surface area (Å²) in [5, 5.41) is 2.79. The molecule has 1 aliphatic heterocycles. The molecule has 2 aromatic rings. The number of nitrogens with zero attached hydrogens (tertiary/aromatic N) is 3. The number of rotatable bonds is 4. The Kier molecular flexibility index (Phi) is 5.21. The maximum absolute atomic E-state index is 12.0. The molecule has 0 unspecified atom stereocenters. The molecule has 1 amide bonds. The van der Waals surface area contributed by atoms with Crippen molar-refractivity contribution in [3.05, 3.63) is 53.9 Å². The van der Waals surface area contributed by atoms with Crippen LogP contribution < -0.4 is 10.2 Å². The normalized spacial score (nSPS) is 14.8. The maximum atomic E-state index is 12.0.